The van der Waals surface area contributed by atoms with Gasteiger partial charge in [-0.2, -0.15) is 0 Å². The van der Waals surface area contributed by atoms with Crippen LogP contribution in [0.3, 0.4) is 0 Å². The number of fused-ring (bicyclic) bond motifs is 1. The molecule has 0 radical (unpaired) electrons. The fraction of sp³-hybridized carbons (Fsp3) is 0.524. The first-order chi connectivity index (χ1) is 14.9. The number of rotatable bonds is 4. The lowest BCUT2D eigenvalue weighted by molar-refractivity contribution is -0.0332. The molecule has 5 rings (SSSR count). The minimum absolute atomic E-state index is 0.0553. The van der Waals surface area contributed by atoms with Crippen LogP contribution in [-0.4, -0.2) is 46.4 Å². The van der Waals surface area contributed by atoms with Crippen molar-refractivity contribution < 1.29 is 27.5 Å². The van der Waals surface area contributed by atoms with Crippen molar-refractivity contribution in [2.45, 2.75) is 49.9 Å². The second-order valence-corrected chi connectivity index (χ2v) is 9.26. The SMILES string of the molecule is Cc1c(N2CC(C3(N)CC3)C(F)(F)C2)c(F)c(N)c2c(=O)c(C(=O)O)cn([C@@H]3C[C@H]3F)c12. The Hall–Kier alpha value is -2.82. The maximum Gasteiger partial charge on any atom is 0.341 e. The second-order valence-electron chi connectivity index (χ2n) is 9.26. The van der Waals surface area contributed by atoms with Crippen molar-refractivity contribution in [1.82, 2.24) is 4.57 Å². The fourth-order valence-corrected chi connectivity index (χ4v) is 5.06. The first kappa shape index (κ1) is 21.0. The molecule has 0 spiro atoms. The second kappa shape index (κ2) is 6.37. The molecule has 1 aliphatic heterocycles. The summed E-state index contributed by atoms with van der Waals surface area (Å²) in [6, 6.07) is -0.751. The number of carbonyl (C=O) groups is 1. The number of nitrogens with zero attached hydrogens (tertiary/aromatic N) is 2. The number of aryl methyl sites for hydroxylation is 1. The van der Waals surface area contributed by atoms with E-state index in [0.717, 1.165) is 6.20 Å². The number of hydrogen-bond acceptors (Lipinski definition) is 5. The van der Waals surface area contributed by atoms with Gasteiger partial charge in [-0.15, -0.1) is 0 Å². The molecule has 0 amide bonds. The van der Waals surface area contributed by atoms with Crippen LogP contribution in [0.5, 0.6) is 0 Å². The zero-order valence-electron chi connectivity index (χ0n) is 17.2. The molecule has 7 nitrogen and oxygen atoms in total. The number of halogens is 4. The zero-order valence-corrected chi connectivity index (χ0v) is 17.2. The Morgan fingerprint density at radius 1 is 1.31 bits per heavy atom. The summed E-state index contributed by atoms with van der Waals surface area (Å²) in [6.45, 7) is 0.470. The van der Waals surface area contributed by atoms with Crippen molar-refractivity contribution in [3.8, 4) is 0 Å². The number of benzene rings is 1. The first-order valence-corrected chi connectivity index (χ1v) is 10.3. The van der Waals surface area contributed by atoms with Gasteiger partial charge in [0, 0.05) is 24.7 Å². The molecule has 172 valence electrons. The van der Waals surface area contributed by atoms with E-state index in [1.807, 2.05) is 0 Å². The van der Waals surface area contributed by atoms with Gasteiger partial charge in [0.2, 0.25) is 5.43 Å². The maximum absolute atomic E-state index is 15.5. The van der Waals surface area contributed by atoms with Gasteiger partial charge in [0.1, 0.15) is 11.7 Å². The summed E-state index contributed by atoms with van der Waals surface area (Å²) in [6.07, 6.45) is 0.747. The van der Waals surface area contributed by atoms with Gasteiger partial charge in [0.15, 0.2) is 5.82 Å². The molecule has 1 saturated heterocycles. The topological polar surface area (TPSA) is 115 Å². The Kier molecular flexibility index (Phi) is 4.19. The van der Waals surface area contributed by atoms with Crippen LogP contribution in [0.4, 0.5) is 28.9 Å². The number of carboxylic acid groups (broad SMARTS) is 1. The lowest BCUT2D eigenvalue weighted by Gasteiger charge is -2.25. The van der Waals surface area contributed by atoms with Crippen molar-refractivity contribution in [3.05, 3.63) is 33.4 Å². The number of alkyl halides is 3. The monoisotopic (exact) mass is 454 g/mol. The van der Waals surface area contributed by atoms with Crippen LogP contribution in [0.1, 0.15) is 41.2 Å². The molecule has 3 aliphatic rings. The summed E-state index contributed by atoms with van der Waals surface area (Å²) >= 11 is 0. The summed E-state index contributed by atoms with van der Waals surface area (Å²) in [7, 11) is 0. The van der Waals surface area contributed by atoms with Gasteiger partial charge in [-0.25, -0.2) is 22.4 Å². The Bertz CT molecular complexity index is 1240. The standard InChI is InChI=1S/C21H22F4N4O3/c1-8-16-13(18(30)9(19(31)32)5-29(16)11-4-10(11)22)15(26)14(23)17(8)28-6-12(20(27)2-3-20)21(24,25)7-28/h5,10-12H,2-4,6-7,26-27H2,1H3,(H,31,32)/t10-,11-,12?/m1/s1. The molecule has 3 fully saturated rings. The fourth-order valence-electron chi connectivity index (χ4n) is 5.06. The largest absolute Gasteiger partial charge is 0.477 e. The van der Waals surface area contributed by atoms with Crippen LogP contribution >= 0.6 is 0 Å². The summed E-state index contributed by atoms with van der Waals surface area (Å²) in [5, 5.41) is 9.01. The molecule has 1 unspecified atom stereocenters. The highest BCUT2D eigenvalue weighted by atomic mass is 19.3. The van der Waals surface area contributed by atoms with E-state index < -0.39 is 64.6 Å². The predicted molar refractivity (Wildman–Crippen MR) is 110 cm³/mol. The minimum Gasteiger partial charge on any atom is -0.477 e. The molecule has 2 aromatic rings. The molecule has 1 aromatic heterocycles. The molecular weight excluding hydrogens is 432 g/mol. The van der Waals surface area contributed by atoms with E-state index in [1.165, 1.54) is 16.4 Å². The van der Waals surface area contributed by atoms with Crippen LogP contribution < -0.4 is 21.8 Å². The van der Waals surface area contributed by atoms with Crippen molar-refractivity contribution in [2.24, 2.45) is 11.7 Å². The quantitative estimate of drug-likeness (QED) is 0.483. The zero-order chi connectivity index (χ0) is 23.3. The molecule has 0 bridgehead atoms. The molecule has 32 heavy (non-hydrogen) atoms. The smallest absolute Gasteiger partial charge is 0.341 e. The van der Waals surface area contributed by atoms with Gasteiger partial charge in [0.05, 0.1) is 40.8 Å². The lowest BCUT2D eigenvalue weighted by atomic mass is 9.94. The first-order valence-electron chi connectivity index (χ1n) is 10.3. The van der Waals surface area contributed by atoms with Gasteiger partial charge in [-0.3, -0.25) is 4.79 Å². The Morgan fingerprint density at radius 3 is 2.47 bits per heavy atom. The van der Waals surface area contributed by atoms with E-state index in [0.29, 0.717) is 12.8 Å². The van der Waals surface area contributed by atoms with E-state index in [9.17, 15) is 27.9 Å². The van der Waals surface area contributed by atoms with Crippen molar-refractivity contribution in [1.29, 1.82) is 0 Å². The number of nitrogen functional groups attached to an aromatic ring is 1. The molecule has 11 heteroatoms. The van der Waals surface area contributed by atoms with Crippen LogP contribution in [0.25, 0.3) is 10.9 Å². The van der Waals surface area contributed by atoms with E-state index in [-0.39, 0.29) is 35.1 Å². The Morgan fingerprint density at radius 2 is 1.94 bits per heavy atom. The maximum atomic E-state index is 15.5. The van der Waals surface area contributed by atoms with E-state index in [1.54, 1.807) is 0 Å². The number of nitrogens with two attached hydrogens (primary N) is 2. The summed E-state index contributed by atoms with van der Waals surface area (Å²) in [4.78, 5) is 25.6. The average Bonchev–Trinajstić information content (AvgIpc) is 3.59. The van der Waals surface area contributed by atoms with E-state index in [2.05, 4.69) is 0 Å². The molecule has 2 aliphatic carbocycles. The lowest BCUT2D eigenvalue weighted by Crippen LogP contribution is -2.43. The van der Waals surface area contributed by atoms with Gasteiger partial charge in [-0.1, -0.05) is 0 Å². The van der Waals surface area contributed by atoms with Gasteiger partial charge in [-0.05, 0) is 25.3 Å². The predicted octanol–water partition coefficient (Wildman–Crippen LogP) is 2.58. The van der Waals surface area contributed by atoms with Gasteiger partial charge < -0.3 is 26.0 Å². The summed E-state index contributed by atoms with van der Waals surface area (Å²) in [5.41, 5.74) is 8.65. The highest BCUT2D eigenvalue weighted by Crippen LogP contribution is 2.52. The average molecular weight is 454 g/mol. The number of aromatic carboxylic acids is 1. The third-order valence-electron chi connectivity index (χ3n) is 7.08. The molecule has 3 atom stereocenters. The summed E-state index contributed by atoms with van der Waals surface area (Å²) in [5.74, 6) is -6.95. The molecule has 2 heterocycles. The number of aromatic nitrogens is 1. The number of pyridine rings is 1. The van der Waals surface area contributed by atoms with Crippen LogP contribution in [-0.2, 0) is 0 Å². The Balaban J connectivity index is 1.75. The van der Waals surface area contributed by atoms with Crippen molar-refractivity contribution in [2.75, 3.05) is 23.7 Å². The van der Waals surface area contributed by atoms with Gasteiger partial charge >= 0.3 is 5.97 Å². The molecule has 1 aromatic carbocycles. The molecule has 2 saturated carbocycles. The normalized spacial score (nSPS) is 27.7. The van der Waals surface area contributed by atoms with Crippen molar-refractivity contribution >= 4 is 28.2 Å². The number of hydrogen-bond donors (Lipinski definition) is 3. The Labute approximate surface area is 179 Å². The minimum atomic E-state index is -3.15. The molecular formula is C21H22F4N4O3. The summed E-state index contributed by atoms with van der Waals surface area (Å²) < 4.78 is 60.3. The third kappa shape index (κ3) is 2.83. The van der Waals surface area contributed by atoms with Crippen LogP contribution in [0, 0.1) is 18.7 Å². The van der Waals surface area contributed by atoms with Gasteiger partial charge in [0.25, 0.3) is 5.92 Å². The van der Waals surface area contributed by atoms with Crippen LogP contribution in [0.15, 0.2) is 11.0 Å². The van der Waals surface area contributed by atoms with Crippen LogP contribution in [0.2, 0.25) is 0 Å². The highest BCUT2D eigenvalue weighted by molar-refractivity contribution is 6.01. The van der Waals surface area contributed by atoms with E-state index >= 15 is 4.39 Å². The van der Waals surface area contributed by atoms with Crippen molar-refractivity contribution in [3.63, 3.8) is 0 Å². The third-order valence-corrected chi connectivity index (χ3v) is 7.08. The number of anilines is 2. The molecule has 5 N–H and O–H groups in total. The highest BCUT2D eigenvalue weighted by Gasteiger charge is 2.61. The van der Waals surface area contributed by atoms with E-state index in [4.69, 9.17) is 11.5 Å². The number of carboxylic acids is 1.